The molecule has 0 saturated heterocycles. The molecule has 0 radical (unpaired) electrons. The van der Waals surface area contributed by atoms with Crippen molar-refractivity contribution < 1.29 is 14.3 Å². The highest BCUT2D eigenvalue weighted by atomic mass is 16.5. The van der Waals surface area contributed by atoms with E-state index in [9.17, 15) is 4.79 Å². The summed E-state index contributed by atoms with van der Waals surface area (Å²) in [6, 6.07) is 0. The normalized spacial score (nSPS) is 18.1. The summed E-state index contributed by atoms with van der Waals surface area (Å²) in [6.07, 6.45) is 3.39. The first kappa shape index (κ1) is 17.4. The van der Waals surface area contributed by atoms with Gasteiger partial charge in [-0.15, -0.1) is 0 Å². The third kappa shape index (κ3) is 6.20. The Bertz CT molecular complexity index is 295. The zero-order valence-electron chi connectivity index (χ0n) is 13.4. The lowest BCUT2D eigenvalue weighted by molar-refractivity contribution is -0.148. The molecule has 1 N–H and O–H groups in total. The van der Waals surface area contributed by atoms with E-state index in [0.29, 0.717) is 0 Å². The molecule has 1 rings (SSSR count). The highest BCUT2D eigenvalue weighted by Gasteiger charge is 2.33. The second-order valence-electron chi connectivity index (χ2n) is 5.93. The van der Waals surface area contributed by atoms with Crippen molar-refractivity contribution in [3.05, 3.63) is 0 Å². The number of ether oxygens (including phenoxy) is 2. The Hall–Kier alpha value is -0.650. The summed E-state index contributed by atoms with van der Waals surface area (Å²) in [4.78, 5) is 14.1. The van der Waals surface area contributed by atoms with E-state index in [2.05, 4.69) is 17.3 Å². The number of carbonyl (C=O) groups excluding carboxylic acids is 1. The third-order valence-corrected chi connectivity index (χ3v) is 3.86. The van der Waals surface area contributed by atoms with Crippen molar-refractivity contribution in [3.8, 4) is 0 Å². The van der Waals surface area contributed by atoms with Gasteiger partial charge in [-0.05, 0) is 45.7 Å². The lowest BCUT2D eigenvalue weighted by Crippen LogP contribution is -2.51. The molecule has 1 fully saturated rings. The smallest absolute Gasteiger partial charge is 0.325 e. The van der Waals surface area contributed by atoms with Gasteiger partial charge in [-0.2, -0.15) is 0 Å². The molecule has 1 aliphatic rings. The number of esters is 1. The van der Waals surface area contributed by atoms with Crippen molar-refractivity contribution in [1.82, 2.24) is 10.2 Å². The number of rotatable bonds is 11. The number of methoxy groups -OCH3 is 1. The van der Waals surface area contributed by atoms with E-state index < -0.39 is 5.54 Å². The van der Waals surface area contributed by atoms with Crippen LogP contribution in [-0.2, 0) is 14.3 Å². The molecule has 0 amide bonds. The van der Waals surface area contributed by atoms with E-state index in [1.165, 1.54) is 20.0 Å². The average molecular weight is 286 g/mol. The first-order chi connectivity index (χ1) is 9.51. The van der Waals surface area contributed by atoms with Crippen LogP contribution in [-0.4, -0.2) is 63.4 Å². The summed E-state index contributed by atoms with van der Waals surface area (Å²) in [6.45, 7) is 8.06. The predicted molar refractivity (Wildman–Crippen MR) is 79.8 cm³/mol. The van der Waals surface area contributed by atoms with Gasteiger partial charge in [0.15, 0.2) is 0 Å². The van der Waals surface area contributed by atoms with E-state index in [4.69, 9.17) is 9.47 Å². The highest BCUT2D eigenvalue weighted by molar-refractivity contribution is 5.80. The van der Waals surface area contributed by atoms with E-state index in [0.717, 1.165) is 45.2 Å². The van der Waals surface area contributed by atoms with Crippen LogP contribution >= 0.6 is 0 Å². The van der Waals surface area contributed by atoms with Crippen LogP contribution in [0.4, 0.5) is 0 Å². The van der Waals surface area contributed by atoms with Crippen molar-refractivity contribution >= 4 is 5.97 Å². The Balaban J connectivity index is 2.20. The van der Waals surface area contributed by atoms with E-state index in [1.54, 1.807) is 0 Å². The van der Waals surface area contributed by atoms with Gasteiger partial charge in [-0.1, -0.05) is 6.92 Å². The Morgan fingerprint density at radius 3 is 2.65 bits per heavy atom. The maximum atomic E-state index is 11.9. The first-order valence-corrected chi connectivity index (χ1v) is 7.61. The molecule has 118 valence electrons. The quantitative estimate of drug-likeness (QED) is 0.458. The zero-order valence-corrected chi connectivity index (χ0v) is 13.4. The lowest BCUT2D eigenvalue weighted by Gasteiger charge is -2.29. The molecular formula is C15H30N2O3. The molecule has 5 nitrogen and oxygen atoms in total. The minimum Gasteiger partial charge on any atom is -0.468 e. The van der Waals surface area contributed by atoms with Crippen LogP contribution < -0.4 is 5.32 Å². The van der Waals surface area contributed by atoms with Crippen molar-refractivity contribution in [2.24, 2.45) is 5.92 Å². The molecule has 1 saturated carbocycles. The predicted octanol–water partition coefficient (Wildman–Crippen LogP) is 1.28. The van der Waals surface area contributed by atoms with Crippen molar-refractivity contribution in [2.75, 3.05) is 47.0 Å². The average Bonchev–Trinajstić information content (AvgIpc) is 3.25. The van der Waals surface area contributed by atoms with Gasteiger partial charge >= 0.3 is 5.97 Å². The fourth-order valence-corrected chi connectivity index (χ4v) is 2.16. The van der Waals surface area contributed by atoms with Crippen molar-refractivity contribution in [1.29, 1.82) is 0 Å². The Kier molecular flexibility index (Phi) is 7.48. The summed E-state index contributed by atoms with van der Waals surface area (Å²) >= 11 is 0. The van der Waals surface area contributed by atoms with Crippen LogP contribution in [0.25, 0.3) is 0 Å². The van der Waals surface area contributed by atoms with Crippen molar-refractivity contribution in [2.45, 2.75) is 38.6 Å². The standard InChI is InChI=1S/C15H30N2O3/c1-5-16-15(2,14(18)19-4)8-9-17(3)10-11-20-12-13-6-7-13/h13,16H,5-12H2,1-4H3. The zero-order chi connectivity index (χ0) is 15.0. The largest absolute Gasteiger partial charge is 0.468 e. The SMILES string of the molecule is CCNC(C)(CCN(C)CCOCC1CC1)C(=O)OC. The molecule has 0 aliphatic heterocycles. The number of nitrogens with one attached hydrogen (secondary N) is 1. The fraction of sp³-hybridized carbons (Fsp3) is 0.933. The van der Waals surface area contributed by atoms with Crippen LogP contribution in [0.2, 0.25) is 0 Å². The minimum absolute atomic E-state index is 0.197. The van der Waals surface area contributed by atoms with Crippen LogP contribution in [0, 0.1) is 5.92 Å². The second-order valence-corrected chi connectivity index (χ2v) is 5.93. The molecular weight excluding hydrogens is 256 g/mol. The molecule has 0 heterocycles. The summed E-state index contributed by atoms with van der Waals surface area (Å²) in [5.41, 5.74) is -0.605. The molecule has 1 aliphatic carbocycles. The Morgan fingerprint density at radius 1 is 1.40 bits per heavy atom. The van der Waals surface area contributed by atoms with Gasteiger partial charge in [-0.3, -0.25) is 4.79 Å². The van der Waals surface area contributed by atoms with Gasteiger partial charge < -0.3 is 19.7 Å². The van der Waals surface area contributed by atoms with Crippen LogP contribution in [0.1, 0.15) is 33.1 Å². The minimum atomic E-state index is -0.605. The van der Waals surface area contributed by atoms with Gasteiger partial charge in [0.2, 0.25) is 0 Å². The monoisotopic (exact) mass is 286 g/mol. The second kappa shape index (κ2) is 8.60. The number of nitrogens with zero attached hydrogens (tertiary/aromatic N) is 1. The van der Waals surface area contributed by atoms with Gasteiger partial charge in [0.1, 0.15) is 5.54 Å². The van der Waals surface area contributed by atoms with Crippen LogP contribution in [0.15, 0.2) is 0 Å². The van der Waals surface area contributed by atoms with Crippen LogP contribution in [0.3, 0.4) is 0 Å². The molecule has 1 unspecified atom stereocenters. The number of likely N-dealkylation sites (N-methyl/N-ethyl adjacent to an activating group) is 2. The van der Waals surface area contributed by atoms with Gasteiger partial charge in [0.25, 0.3) is 0 Å². The van der Waals surface area contributed by atoms with Gasteiger partial charge in [0, 0.05) is 19.7 Å². The number of hydrogen-bond donors (Lipinski definition) is 1. The molecule has 0 bridgehead atoms. The summed E-state index contributed by atoms with van der Waals surface area (Å²) in [7, 11) is 3.50. The highest BCUT2D eigenvalue weighted by Crippen LogP contribution is 2.28. The molecule has 0 spiro atoms. The first-order valence-electron chi connectivity index (χ1n) is 7.61. The summed E-state index contributed by atoms with van der Waals surface area (Å²) in [5, 5.41) is 3.22. The maximum Gasteiger partial charge on any atom is 0.325 e. The topological polar surface area (TPSA) is 50.8 Å². The molecule has 20 heavy (non-hydrogen) atoms. The van der Waals surface area contributed by atoms with Crippen molar-refractivity contribution in [3.63, 3.8) is 0 Å². The number of hydrogen-bond acceptors (Lipinski definition) is 5. The van der Waals surface area contributed by atoms with E-state index >= 15 is 0 Å². The molecule has 0 aromatic rings. The fourth-order valence-electron chi connectivity index (χ4n) is 2.16. The summed E-state index contributed by atoms with van der Waals surface area (Å²) < 4.78 is 10.5. The van der Waals surface area contributed by atoms with E-state index in [1.807, 2.05) is 13.8 Å². The molecule has 5 heteroatoms. The van der Waals surface area contributed by atoms with Crippen LogP contribution in [0.5, 0.6) is 0 Å². The molecule has 0 aromatic heterocycles. The van der Waals surface area contributed by atoms with E-state index in [-0.39, 0.29) is 5.97 Å². The third-order valence-electron chi connectivity index (χ3n) is 3.86. The summed E-state index contributed by atoms with van der Waals surface area (Å²) in [5.74, 6) is 0.620. The maximum absolute atomic E-state index is 11.9. The number of carbonyl (C=O) groups is 1. The lowest BCUT2D eigenvalue weighted by atomic mass is 9.97. The van der Waals surface area contributed by atoms with Gasteiger partial charge in [-0.25, -0.2) is 0 Å². The Morgan fingerprint density at radius 2 is 2.10 bits per heavy atom. The Labute approximate surface area is 123 Å². The molecule has 0 aromatic carbocycles. The molecule has 1 atom stereocenters. The van der Waals surface area contributed by atoms with Gasteiger partial charge in [0.05, 0.1) is 13.7 Å².